The molecule has 5 rings (SSSR count). The number of pyridine rings is 1. The van der Waals surface area contributed by atoms with Crippen LogP contribution in [-0.4, -0.2) is 20.6 Å². The van der Waals surface area contributed by atoms with Gasteiger partial charge < -0.3 is 20.1 Å². The maximum Gasteiger partial charge on any atom is 0.224 e. The molecule has 6 nitrogen and oxygen atoms in total. The minimum Gasteiger partial charge on any atom is -0.351 e. The van der Waals surface area contributed by atoms with Crippen molar-refractivity contribution >= 4 is 46.2 Å². The summed E-state index contributed by atoms with van der Waals surface area (Å²) in [6, 6.07) is 21.8. The molecule has 37 heavy (non-hydrogen) atoms. The van der Waals surface area contributed by atoms with E-state index in [0.717, 1.165) is 44.6 Å². The van der Waals surface area contributed by atoms with Gasteiger partial charge in [0.1, 0.15) is 6.04 Å². The lowest BCUT2D eigenvalue weighted by atomic mass is 10.00. The van der Waals surface area contributed by atoms with Gasteiger partial charge in [-0.3, -0.25) is 9.78 Å². The SMILES string of the molecule is CCC(=O)Nc1ccc(N2C(=S)N[C@@H](c3ccccn3)[C@@H]2c2cccn2-c2ccc(Cl)c(C)c2)cc1C. The van der Waals surface area contributed by atoms with Crippen LogP contribution in [0.4, 0.5) is 11.4 Å². The predicted octanol–water partition coefficient (Wildman–Crippen LogP) is 6.67. The Bertz CT molecular complexity index is 1470. The number of halogens is 1. The largest absolute Gasteiger partial charge is 0.351 e. The van der Waals surface area contributed by atoms with Crippen molar-refractivity contribution in [3.63, 3.8) is 0 Å². The van der Waals surface area contributed by atoms with Crippen LogP contribution in [-0.2, 0) is 4.79 Å². The number of thiocarbonyl (C=S) groups is 1. The summed E-state index contributed by atoms with van der Waals surface area (Å²) in [7, 11) is 0. The molecule has 0 spiro atoms. The number of benzene rings is 2. The first kappa shape index (κ1) is 25.0. The lowest BCUT2D eigenvalue weighted by Crippen LogP contribution is -2.30. The van der Waals surface area contributed by atoms with E-state index in [1.807, 2.05) is 69.3 Å². The molecule has 1 saturated heterocycles. The minimum absolute atomic E-state index is 0.0154. The maximum absolute atomic E-state index is 12.0. The highest BCUT2D eigenvalue weighted by Gasteiger charge is 2.42. The molecule has 8 heteroatoms. The zero-order valence-corrected chi connectivity index (χ0v) is 22.5. The molecular weight excluding hydrogens is 502 g/mol. The fraction of sp³-hybridized carbons (Fsp3) is 0.207. The summed E-state index contributed by atoms with van der Waals surface area (Å²) in [5.74, 6) is -0.0154. The van der Waals surface area contributed by atoms with Crippen LogP contribution >= 0.6 is 23.8 Å². The predicted molar refractivity (Wildman–Crippen MR) is 154 cm³/mol. The first-order chi connectivity index (χ1) is 17.9. The highest BCUT2D eigenvalue weighted by molar-refractivity contribution is 7.80. The van der Waals surface area contributed by atoms with Crippen molar-refractivity contribution in [2.75, 3.05) is 10.2 Å². The molecule has 1 fully saturated rings. The molecule has 0 bridgehead atoms. The van der Waals surface area contributed by atoms with E-state index in [4.69, 9.17) is 23.8 Å². The number of anilines is 2. The fourth-order valence-corrected chi connectivity index (χ4v) is 5.22. The number of aromatic nitrogens is 2. The van der Waals surface area contributed by atoms with Crippen molar-refractivity contribution in [3.05, 3.63) is 107 Å². The Morgan fingerprint density at radius 2 is 1.84 bits per heavy atom. The normalized spacial score (nSPS) is 17.1. The summed E-state index contributed by atoms with van der Waals surface area (Å²) in [5, 5.41) is 7.85. The molecule has 1 aliphatic heterocycles. The minimum atomic E-state index is -0.177. The Kier molecular flexibility index (Phi) is 7.00. The molecule has 4 aromatic rings. The van der Waals surface area contributed by atoms with Gasteiger partial charge in [-0.1, -0.05) is 24.6 Å². The van der Waals surface area contributed by atoms with E-state index in [-0.39, 0.29) is 18.0 Å². The average molecular weight is 530 g/mol. The van der Waals surface area contributed by atoms with Crippen LogP contribution < -0.4 is 15.5 Å². The van der Waals surface area contributed by atoms with Crippen LogP contribution in [0.3, 0.4) is 0 Å². The van der Waals surface area contributed by atoms with Crippen molar-refractivity contribution in [1.29, 1.82) is 0 Å². The lowest BCUT2D eigenvalue weighted by molar-refractivity contribution is -0.115. The van der Waals surface area contributed by atoms with Crippen LogP contribution in [0.2, 0.25) is 5.02 Å². The maximum atomic E-state index is 12.0. The van der Waals surface area contributed by atoms with Crippen molar-refractivity contribution in [2.45, 2.75) is 39.3 Å². The number of aryl methyl sites for hydroxylation is 2. The second-order valence-electron chi connectivity index (χ2n) is 9.13. The Balaban J connectivity index is 1.62. The molecule has 0 aliphatic carbocycles. The third kappa shape index (κ3) is 4.84. The van der Waals surface area contributed by atoms with Crippen LogP contribution in [0.25, 0.3) is 5.69 Å². The first-order valence-corrected chi connectivity index (χ1v) is 13.0. The van der Waals surface area contributed by atoms with E-state index in [0.29, 0.717) is 11.5 Å². The Morgan fingerprint density at radius 3 is 2.54 bits per heavy atom. The zero-order chi connectivity index (χ0) is 26.1. The zero-order valence-electron chi connectivity index (χ0n) is 20.9. The van der Waals surface area contributed by atoms with Gasteiger partial charge in [0.2, 0.25) is 5.91 Å². The van der Waals surface area contributed by atoms with Gasteiger partial charge in [0.25, 0.3) is 0 Å². The molecule has 0 saturated carbocycles. The number of hydrogen-bond acceptors (Lipinski definition) is 3. The number of nitrogens with one attached hydrogen (secondary N) is 2. The Morgan fingerprint density at radius 1 is 1.05 bits per heavy atom. The topological polar surface area (TPSA) is 62.2 Å². The summed E-state index contributed by atoms with van der Waals surface area (Å²) in [6.07, 6.45) is 4.29. The quantitative estimate of drug-likeness (QED) is 0.273. The molecule has 2 atom stereocenters. The second-order valence-corrected chi connectivity index (χ2v) is 9.93. The smallest absolute Gasteiger partial charge is 0.224 e. The van der Waals surface area contributed by atoms with Gasteiger partial charge >= 0.3 is 0 Å². The number of nitrogens with zero attached hydrogens (tertiary/aromatic N) is 3. The summed E-state index contributed by atoms with van der Waals surface area (Å²) in [5.41, 5.74) is 6.70. The first-order valence-electron chi connectivity index (χ1n) is 12.2. The van der Waals surface area contributed by atoms with E-state index in [9.17, 15) is 4.79 Å². The van der Waals surface area contributed by atoms with Crippen LogP contribution in [0.15, 0.2) is 79.1 Å². The van der Waals surface area contributed by atoms with Crippen LogP contribution in [0.1, 0.15) is 47.9 Å². The summed E-state index contributed by atoms with van der Waals surface area (Å²) in [6.45, 7) is 5.84. The Hall–Kier alpha value is -3.68. The summed E-state index contributed by atoms with van der Waals surface area (Å²) >= 11 is 12.2. The van der Waals surface area contributed by atoms with Crippen molar-refractivity contribution in [3.8, 4) is 5.69 Å². The molecule has 188 valence electrons. The van der Waals surface area contributed by atoms with Gasteiger partial charge in [-0.15, -0.1) is 0 Å². The number of carbonyl (C=O) groups excluding carboxylic acids is 1. The molecule has 2 aromatic heterocycles. The number of rotatable bonds is 6. The number of hydrogen-bond donors (Lipinski definition) is 2. The molecule has 2 N–H and O–H groups in total. The highest BCUT2D eigenvalue weighted by atomic mass is 35.5. The fourth-order valence-electron chi connectivity index (χ4n) is 4.76. The molecule has 1 aliphatic rings. The number of amides is 1. The van der Waals surface area contributed by atoms with Gasteiger partial charge in [0, 0.05) is 46.6 Å². The Labute approximate surface area is 227 Å². The van der Waals surface area contributed by atoms with E-state index in [2.05, 4.69) is 49.5 Å². The van der Waals surface area contributed by atoms with Crippen molar-refractivity contribution in [2.24, 2.45) is 0 Å². The van der Waals surface area contributed by atoms with Gasteiger partial charge in [-0.05, 0) is 97.9 Å². The summed E-state index contributed by atoms with van der Waals surface area (Å²) < 4.78 is 2.18. The van der Waals surface area contributed by atoms with E-state index >= 15 is 0 Å². The average Bonchev–Trinajstić information content (AvgIpc) is 3.51. The second kappa shape index (κ2) is 10.4. The molecular formula is C29H28ClN5OS. The lowest BCUT2D eigenvalue weighted by Gasteiger charge is -2.29. The monoisotopic (exact) mass is 529 g/mol. The van der Waals surface area contributed by atoms with Gasteiger partial charge in [0.15, 0.2) is 5.11 Å². The van der Waals surface area contributed by atoms with Crippen LogP contribution in [0.5, 0.6) is 0 Å². The van der Waals surface area contributed by atoms with Crippen molar-refractivity contribution < 1.29 is 4.79 Å². The molecule has 0 radical (unpaired) electrons. The van der Waals surface area contributed by atoms with Gasteiger partial charge in [0.05, 0.1) is 11.7 Å². The van der Waals surface area contributed by atoms with Crippen molar-refractivity contribution in [1.82, 2.24) is 14.9 Å². The third-order valence-electron chi connectivity index (χ3n) is 6.68. The van der Waals surface area contributed by atoms with E-state index < -0.39 is 0 Å². The van der Waals surface area contributed by atoms with E-state index in [1.54, 1.807) is 6.20 Å². The molecule has 3 heterocycles. The third-order valence-corrected chi connectivity index (χ3v) is 7.42. The van der Waals surface area contributed by atoms with E-state index in [1.165, 1.54) is 0 Å². The van der Waals surface area contributed by atoms with Gasteiger partial charge in [-0.25, -0.2) is 0 Å². The van der Waals surface area contributed by atoms with Crippen LogP contribution in [0, 0.1) is 13.8 Å². The molecule has 0 unspecified atom stereocenters. The molecule has 2 aromatic carbocycles. The van der Waals surface area contributed by atoms with Gasteiger partial charge in [-0.2, -0.15) is 0 Å². The highest BCUT2D eigenvalue weighted by Crippen LogP contribution is 2.43. The standard InChI is InChI=1S/C29H28ClN5OS/c1-4-26(36)32-23-13-11-21(17-19(23)3)35-28(27(33-29(35)37)24-8-5-6-14-31-24)25-9-7-15-34(25)20-10-12-22(30)18(2)16-20/h5-17,27-28H,4H2,1-3H3,(H,32,36)(H,33,37)/t27-,28-/m0/s1. The molecule has 1 amide bonds. The summed E-state index contributed by atoms with van der Waals surface area (Å²) in [4.78, 5) is 18.8. The number of carbonyl (C=O) groups is 1.